The van der Waals surface area contributed by atoms with Crippen molar-refractivity contribution >= 4 is 33.2 Å². The molecule has 1 aliphatic heterocycles. The molecule has 2 rings (SSSR count). The average molecular weight is 351 g/mol. The Kier molecular flexibility index (Phi) is 5.54. The van der Waals surface area contributed by atoms with Gasteiger partial charge in [0, 0.05) is 30.0 Å². The Bertz CT molecular complexity index is 605. The van der Waals surface area contributed by atoms with Gasteiger partial charge in [-0.2, -0.15) is 4.31 Å². The summed E-state index contributed by atoms with van der Waals surface area (Å²) in [6.07, 6.45) is 1.79. The highest BCUT2D eigenvalue weighted by Gasteiger charge is 2.35. The molecule has 1 heterocycles. The SMILES string of the molecule is CN(C)CC1CCCN1S(=O)(=O)c1ccc(Cl)c(CCl)c1. The number of alkyl halides is 1. The largest absolute Gasteiger partial charge is 0.308 e. The molecule has 0 amide bonds. The lowest BCUT2D eigenvalue weighted by molar-refractivity contribution is 0.291. The van der Waals surface area contributed by atoms with Gasteiger partial charge in [-0.25, -0.2) is 8.42 Å². The second-order valence-corrected chi connectivity index (χ2v) is 8.13. The first-order valence-electron chi connectivity index (χ1n) is 6.87. The van der Waals surface area contributed by atoms with E-state index in [1.165, 1.54) is 0 Å². The van der Waals surface area contributed by atoms with Crippen LogP contribution in [0.2, 0.25) is 5.02 Å². The molecule has 0 spiro atoms. The van der Waals surface area contributed by atoms with Crippen molar-refractivity contribution in [2.24, 2.45) is 0 Å². The van der Waals surface area contributed by atoms with Crippen LogP contribution in [0.4, 0.5) is 0 Å². The maximum absolute atomic E-state index is 12.8. The van der Waals surface area contributed by atoms with Crippen LogP contribution in [0.15, 0.2) is 23.1 Å². The van der Waals surface area contributed by atoms with Gasteiger partial charge in [0.1, 0.15) is 0 Å². The van der Waals surface area contributed by atoms with Crippen LogP contribution in [0.25, 0.3) is 0 Å². The van der Waals surface area contributed by atoms with Crippen molar-refractivity contribution in [2.75, 3.05) is 27.2 Å². The molecule has 0 radical (unpaired) electrons. The highest BCUT2D eigenvalue weighted by Crippen LogP contribution is 2.29. The molecule has 1 atom stereocenters. The zero-order valence-corrected chi connectivity index (χ0v) is 14.5. The minimum atomic E-state index is -3.49. The maximum Gasteiger partial charge on any atom is 0.243 e. The lowest BCUT2D eigenvalue weighted by atomic mass is 10.2. The van der Waals surface area contributed by atoms with Crippen molar-refractivity contribution in [3.05, 3.63) is 28.8 Å². The van der Waals surface area contributed by atoms with Crippen LogP contribution in [-0.4, -0.2) is 50.8 Å². The number of hydrogen-bond acceptors (Lipinski definition) is 3. The Balaban J connectivity index is 2.33. The molecule has 1 aliphatic rings. The molecule has 4 nitrogen and oxygen atoms in total. The second-order valence-electron chi connectivity index (χ2n) is 5.56. The van der Waals surface area contributed by atoms with Crippen molar-refractivity contribution in [2.45, 2.75) is 29.7 Å². The molecule has 0 N–H and O–H groups in total. The van der Waals surface area contributed by atoms with Gasteiger partial charge in [-0.3, -0.25) is 0 Å². The van der Waals surface area contributed by atoms with Crippen molar-refractivity contribution < 1.29 is 8.42 Å². The van der Waals surface area contributed by atoms with Gasteiger partial charge in [-0.15, -0.1) is 11.6 Å². The van der Waals surface area contributed by atoms with Gasteiger partial charge in [-0.05, 0) is 50.7 Å². The highest BCUT2D eigenvalue weighted by atomic mass is 35.5. The molecule has 0 aromatic heterocycles. The number of sulfonamides is 1. The molecule has 0 bridgehead atoms. The number of rotatable bonds is 5. The molecule has 1 aromatic carbocycles. The maximum atomic E-state index is 12.8. The van der Waals surface area contributed by atoms with Gasteiger partial charge in [0.25, 0.3) is 0 Å². The zero-order chi connectivity index (χ0) is 15.6. The van der Waals surface area contributed by atoms with E-state index in [1.54, 1.807) is 22.5 Å². The molecular weight excluding hydrogens is 331 g/mol. The van der Waals surface area contributed by atoms with Crippen LogP contribution in [0.3, 0.4) is 0 Å². The molecule has 1 aromatic rings. The molecule has 21 heavy (non-hydrogen) atoms. The van der Waals surface area contributed by atoms with Gasteiger partial charge in [0.05, 0.1) is 4.90 Å². The minimum absolute atomic E-state index is 0.0279. The van der Waals surface area contributed by atoms with E-state index < -0.39 is 10.0 Å². The molecule has 1 saturated heterocycles. The number of hydrogen-bond donors (Lipinski definition) is 0. The molecule has 1 unspecified atom stereocenters. The summed E-state index contributed by atoms with van der Waals surface area (Å²) in [5.74, 6) is 0.198. The number of benzene rings is 1. The lowest BCUT2D eigenvalue weighted by Gasteiger charge is -2.26. The predicted octanol–water partition coefficient (Wildman–Crippen LogP) is 2.79. The van der Waals surface area contributed by atoms with E-state index in [-0.39, 0.29) is 16.8 Å². The van der Waals surface area contributed by atoms with Crippen molar-refractivity contribution in [3.63, 3.8) is 0 Å². The summed E-state index contributed by atoms with van der Waals surface area (Å²) in [6.45, 7) is 1.30. The molecule has 7 heteroatoms. The Morgan fingerprint density at radius 3 is 2.71 bits per heavy atom. The fourth-order valence-corrected chi connectivity index (χ4v) is 4.89. The molecule has 1 fully saturated rings. The topological polar surface area (TPSA) is 40.6 Å². The van der Waals surface area contributed by atoms with Gasteiger partial charge in [0.15, 0.2) is 0 Å². The second kappa shape index (κ2) is 6.84. The van der Waals surface area contributed by atoms with Crippen LogP contribution in [0.5, 0.6) is 0 Å². The summed E-state index contributed by atoms with van der Waals surface area (Å²) < 4.78 is 27.3. The van der Waals surface area contributed by atoms with E-state index >= 15 is 0 Å². The summed E-state index contributed by atoms with van der Waals surface area (Å²) in [5.41, 5.74) is 0.641. The Labute approximate surface area is 136 Å². The monoisotopic (exact) mass is 350 g/mol. The lowest BCUT2D eigenvalue weighted by Crippen LogP contribution is -2.41. The van der Waals surface area contributed by atoms with Crippen molar-refractivity contribution in [3.8, 4) is 0 Å². The van der Waals surface area contributed by atoms with Crippen molar-refractivity contribution in [1.82, 2.24) is 9.21 Å². The van der Waals surface area contributed by atoms with Crippen LogP contribution < -0.4 is 0 Å². The first-order valence-corrected chi connectivity index (χ1v) is 9.22. The van der Waals surface area contributed by atoms with Gasteiger partial charge in [-0.1, -0.05) is 11.6 Å². The fraction of sp³-hybridized carbons (Fsp3) is 0.571. The van der Waals surface area contributed by atoms with Crippen LogP contribution in [0.1, 0.15) is 18.4 Å². The summed E-state index contributed by atoms with van der Waals surface area (Å²) in [6, 6.07) is 4.76. The summed E-state index contributed by atoms with van der Waals surface area (Å²) >= 11 is 11.8. The minimum Gasteiger partial charge on any atom is -0.308 e. The van der Waals surface area contributed by atoms with Gasteiger partial charge >= 0.3 is 0 Å². The van der Waals surface area contributed by atoms with E-state index in [0.717, 1.165) is 19.4 Å². The van der Waals surface area contributed by atoms with E-state index in [9.17, 15) is 8.42 Å². The Morgan fingerprint density at radius 2 is 2.10 bits per heavy atom. The third-order valence-corrected chi connectivity index (χ3v) is 6.27. The standard InChI is InChI=1S/C14H20Cl2N2O2S/c1-17(2)10-12-4-3-7-18(12)21(19,20)13-5-6-14(16)11(8-13)9-15/h5-6,8,12H,3-4,7,9-10H2,1-2H3. The summed E-state index contributed by atoms with van der Waals surface area (Å²) in [7, 11) is 0.417. The molecular formula is C14H20Cl2N2O2S. The molecule has 118 valence electrons. The summed E-state index contributed by atoms with van der Waals surface area (Å²) in [5, 5.41) is 0.496. The van der Waals surface area contributed by atoms with E-state index in [4.69, 9.17) is 23.2 Å². The normalized spacial score (nSPS) is 20.3. The smallest absolute Gasteiger partial charge is 0.243 e. The number of likely N-dealkylation sites (N-methyl/N-ethyl adjacent to an activating group) is 1. The van der Waals surface area contributed by atoms with E-state index in [1.807, 2.05) is 19.0 Å². The van der Waals surface area contributed by atoms with Crippen molar-refractivity contribution in [1.29, 1.82) is 0 Å². The highest BCUT2D eigenvalue weighted by molar-refractivity contribution is 7.89. The molecule has 0 aliphatic carbocycles. The Morgan fingerprint density at radius 1 is 1.38 bits per heavy atom. The predicted molar refractivity (Wildman–Crippen MR) is 86.5 cm³/mol. The first-order chi connectivity index (χ1) is 9.86. The van der Waals surface area contributed by atoms with Crippen LogP contribution in [-0.2, 0) is 15.9 Å². The zero-order valence-electron chi connectivity index (χ0n) is 12.2. The van der Waals surface area contributed by atoms with Gasteiger partial charge < -0.3 is 4.90 Å². The van der Waals surface area contributed by atoms with E-state index in [2.05, 4.69) is 0 Å². The molecule has 0 saturated carbocycles. The quantitative estimate of drug-likeness (QED) is 0.766. The number of nitrogens with zero attached hydrogens (tertiary/aromatic N) is 2. The Hall–Kier alpha value is -0.330. The number of halogens is 2. The fourth-order valence-electron chi connectivity index (χ4n) is 2.68. The van der Waals surface area contributed by atoms with Gasteiger partial charge in [0.2, 0.25) is 10.0 Å². The van der Waals surface area contributed by atoms with E-state index in [0.29, 0.717) is 17.1 Å². The van der Waals surface area contributed by atoms with Crippen LogP contribution >= 0.6 is 23.2 Å². The third-order valence-electron chi connectivity index (χ3n) is 3.67. The van der Waals surface area contributed by atoms with Crippen LogP contribution in [0, 0.1) is 0 Å². The summed E-state index contributed by atoms with van der Waals surface area (Å²) in [4.78, 5) is 2.29. The first kappa shape index (κ1) is 17.0. The third kappa shape index (κ3) is 3.71. The average Bonchev–Trinajstić information content (AvgIpc) is 2.87.